The zero-order chi connectivity index (χ0) is 21.9. The van der Waals surface area contributed by atoms with E-state index in [1.54, 1.807) is 19.0 Å². The molecule has 1 aromatic carbocycles. The van der Waals surface area contributed by atoms with Gasteiger partial charge in [-0.25, -0.2) is 13.9 Å². The molecule has 0 aliphatic carbocycles. The number of halogens is 1. The van der Waals surface area contributed by atoms with Crippen LogP contribution in [0.5, 0.6) is 0 Å². The molecular formula is C19H26FN5O3S. The van der Waals surface area contributed by atoms with Gasteiger partial charge in [-0.3, -0.25) is 0 Å². The molecule has 1 aromatic heterocycles. The van der Waals surface area contributed by atoms with Crippen molar-refractivity contribution in [2.45, 2.75) is 44.6 Å². The van der Waals surface area contributed by atoms with Crippen molar-refractivity contribution >= 4 is 27.4 Å². The molecule has 10 heteroatoms. The topological polar surface area (TPSA) is 104 Å². The lowest BCUT2D eigenvalue weighted by Crippen LogP contribution is -2.36. The highest BCUT2D eigenvalue weighted by atomic mass is 32.2. The summed E-state index contributed by atoms with van der Waals surface area (Å²) in [4.78, 5) is 14.1. The fraction of sp³-hybridized carbons (Fsp3) is 0.421. The van der Waals surface area contributed by atoms with E-state index < -0.39 is 21.9 Å². The highest BCUT2D eigenvalue weighted by Gasteiger charge is 2.26. The molecule has 0 saturated heterocycles. The van der Waals surface area contributed by atoms with Gasteiger partial charge in [-0.1, -0.05) is 27.7 Å². The van der Waals surface area contributed by atoms with Crippen LogP contribution in [-0.4, -0.2) is 38.7 Å². The lowest BCUT2D eigenvalue weighted by Gasteiger charge is -2.21. The Balaban J connectivity index is 2.39. The van der Waals surface area contributed by atoms with E-state index >= 15 is 0 Å². The maximum atomic E-state index is 14.0. The van der Waals surface area contributed by atoms with E-state index in [0.717, 1.165) is 0 Å². The van der Waals surface area contributed by atoms with Gasteiger partial charge in [0.25, 0.3) is 10.0 Å². The van der Waals surface area contributed by atoms with Crippen LogP contribution in [0.1, 0.15) is 50.7 Å². The lowest BCUT2D eigenvalue weighted by molar-refractivity contribution is 0.256. The number of nitrogens with zero attached hydrogens (tertiary/aromatic N) is 3. The first-order valence-electron chi connectivity index (χ1n) is 9.10. The Kier molecular flexibility index (Phi) is 6.78. The van der Waals surface area contributed by atoms with Crippen LogP contribution in [0.2, 0.25) is 0 Å². The number of aromatic nitrogens is 2. The van der Waals surface area contributed by atoms with E-state index in [2.05, 4.69) is 15.5 Å². The summed E-state index contributed by atoms with van der Waals surface area (Å²) in [5.74, 6) is -0.586. The highest BCUT2D eigenvalue weighted by molar-refractivity contribution is 7.90. The predicted octanol–water partition coefficient (Wildman–Crippen LogP) is 3.44. The number of carbonyl (C=O) groups is 1. The molecule has 158 valence electrons. The van der Waals surface area contributed by atoms with E-state index in [-0.39, 0.29) is 22.5 Å². The lowest BCUT2D eigenvalue weighted by atomic mass is 9.92. The normalized spacial score (nSPS) is 11.6. The monoisotopic (exact) mass is 423 g/mol. The van der Waals surface area contributed by atoms with Crippen molar-refractivity contribution in [3.05, 3.63) is 41.3 Å². The van der Waals surface area contributed by atoms with Crippen LogP contribution >= 0.6 is 0 Å². The average Bonchev–Trinajstić information content (AvgIpc) is 2.61. The summed E-state index contributed by atoms with van der Waals surface area (Å²) < 4.78 is 41.4. The summed E-state index contributed by atoms with van der Waals surface area (Å²) in [6.07, 6.45) is 1.36. The Morgan fingerprint density at radius 3 is 2.14 bits per heavy atom. The number of benzene rings is 1. The number of rotatable bonds is 6. The number of amides is 2. The van der Waals surface area contributed by atoms with E-state index in [9.17, 15) is 17.6 Å². The van der Waals surface area contributed by atoms with Crippen LogP contribution < -0.4 is 14.9 Å². The number of nitrogens with one attached hydrogen (secondary N) is 2. The van der Waals surface area contributed by atoms with Gasteiger partial charge in [0.2, 0.25) is 5.03 Å². The van der Waals surface area contributed by atoms with Crippen molar-refractivity contribution in [3.8, 4) is 0 Å². The molecule has 1 heterocycles. The van der Waals surface area contributed by atoms with Crippen LogP contribution in [0.25, 0.3) is 0 Å². The second-order valence-corrected chi connectivity index (χ2v) is 9.04. The van der Waals surface area contributed by atoms with Gasteiger partial charge in [0, 0.05) is 19.8 Å². The Morgan fingerprint density at radius 2 is 1.66 bits per heavy atom. The molecule has 0 radical (unpaired) electrons. The van der Waals surface area contributed by atoms with Gasteiger partial charge >= 0.3 is 6.03 Å². The predicted molar refractivity (Wildman–Crippen MR) is 110 cm³/mol. The van der Waals surface area contributed by atoms with Crippen molar-refractivity contribution < 1.29 is 17.6 Å². The van der Waals surface area contributed by atoms with Gasteiger partial charge < -0.3 is 10.2 Å². The van der Waals surface area contributed by atoms with Gasteiger partial charge in [-0.2, -0.15) is 13.5 Å². The van der Waals surface area contributed by atoms with Gasteiger partial charge in [0.15, 0.2) is 0 Å². The summed E-state index contributed by atoms with van der Waals surface area (Å²) in [6, 6.07) is 3.20. The number of anilines is 2. The standard InChI is InChI=1S/C19H26FN5O3S/c1-11(2)14-9-13(20)10-15(12(3)4)17(14)22-19(26)24-29(27,28)18-16(25(5)6)7-8-21-23-18/h7-12H,1-6H3,(H2,22,24,26). The molecule has 0 saturated carbocycles. The fourth-order valence-electron chi connectivity index (χ4n) is 2.86. The van der Waals surface area contributed by atoms with Crippen molar-refractivity contribution in [2.75, 3.05) is 24.3 Å². The molecule has 2 N–H and O–H groups in total. The molecule has 0 aliphatic rings. The third kappa shape index (κ3) is 5.20. The molecule has 0 spiro atoms. The number of carbonyl (C=O) groups excluding carboxylic acids is 1. The minimum atomic E-state index is -4.28. The smallest absolute Gasteiger partial charge is 0.333 e. The number of hydrogen-bond acceptors (Lipinski definition) is 6. The SMILES string of the molecule is CC(C)c1cc(F)cc(C(C)C)c1NC(=O)NS(=O)(=O)c1nnccc1N(C)C. The molecule has 0 aliphatic heterocycles. The average molecular weight is 424 g/mol. The summed E-state index contributed by atoms with van der Waals surface area (Å²) in [5, 5.41) is 9.48. The zero-order valence-electron chi connectivity index (χ0n) is 17.3. The number of urea groups is 1. The maximum Gasteiger partial charge on any atom is 0.333 e. The van der Waals surface area contributed by atoms with Gasteiger partial charge in [0.1, 0.15) is 5.82 Å². The molecule has 0 bridgehead atoms. The second-order valence-electron chi connectivity index (χ2n) is 7.44. The number of hydrogen-bond donors (Lipinski definition) is 2. The first-order valence-corrected chi connectivity index (χ1v) is 10.6. The summed E-state index contributed by atoms with van der Waals surface area (Å²) in [5.41, 5.74) is 1.84. The zero-order valence-corrected chi connectivity index (χ0v) is 18.1. The second kappa shape index (κ2) is 8.73. The van der Waals surface area contributed by atoms with E-state index in [0.29, 0.717) is 16.8 Å². The molecular weight excluding hydrogens is 397 g/mol. The van der Waals surface area contributed by atoms with Gasteiger partial charge in [0.05, 0.1) is 11.9 Å². The van der Waals surface area contributed by atoms with Crippen molar-refractivity contribution in [3.63, 3.8) is 0 Å². The largest absolute Gasteiger partial charge is 0.375 e. The van der Waals surface area contributed by atoms with E-state index in [4.69, 9.17) is 0 Å². The van der Waals surface area contributed by atoms with Crippen molar-refractivity contribution in [2.24, 2.45) is 0 Å². The Morgan fingerprint density at radius 1 is 1.10 bits per heavy atom. The minimum absolute atomic E-state index is 0.0876. The molecule has 2 aromatic rings. The van der Waals surface area contributed by atoms with Crippen LogP contribution in [-0.2, 0) is 10.0 Å². The molecule has 8 nitrogen and oxygen atoms in total. The Labute approximate surface area is 170 Å². The first-order chi connectivity index (χ1) is 13.4. The first kappa shape index (κ1) is 22.5. The minimum Gasteiger partial charge on any atom is -0.375 e. The van der Waals surface area contributed by atoms with Crippen LogP contribution in [0.4, 0.5) is 20.6 Å². The molecule has 2 rings (SSSR count). The fourth-order valence-corrected chi connectivity index (χ4v) is 3.93. The van der Waals surface area contributed by atoms with Crippen LogP contribution in [0, 0.1) is 5.82 Å². The summed E-state index contributed by atoms with van der Waals surface area (Å²) in [7, 11) is -0.979. The molecule has 0 unspecified atom stereocenters. The summed E-state index contributed by atoms with van der Waals surface area (Å²) in [6.45, 7) is 7.45. The quantitative estimate of drug-likeness (QED) is 0.738. The molecule has 2 amide bonds. The Bertz CT molecular complexity index is 978. The third-order valence-electron chi connectivity index (χ3n) is 4.28. The van der Waals surface area contributed by atoms with Crippen molar-refractivity contribution in [1.82, 2.24) is 14.9 Å². The molecule has 0 atom stereocenters. The highest BCUT2D eigenvalue weighted by Crippen LogP contribution is 2.33. The summed E-state index contributed by atoms with van der Waals surface area (Å²) >= 11 is 0. The van der Waals surface area contributed by atoms with Crippen LogP contribution in [0.15, 0.2) is 29.4 Å². The van der Waals surface area contributed by atoms with Crippen molar-refractivity contribution in [1.29, 1.82) is 0 Å². The maximum absolute atomic E-state index is 14.0. The van der Waals surface area contributed by atoms with E-state index in [1.807, 2.05) is 32.4 Å². The van der Waals surface area contributed by atoms with E-state index in [1.165, 1.54) is 24.4 Å². The van der Waals surface area contributed by atoms with Gasteiger partial charge in [-0.15, -0.1) is 5.10 Å². The Hall–Kier alpha value is -2.75. The number of sulfonamides is 1. The van der Waals surface area contributed by atoms with Gasteiger partial charge in [-0.05, 0) is 41.2 Å². The molecule has 0 fully saturated rings. The third-order valence-corrected chi connectivity index (χ3v) is 5.53. The molecule has 29 heavy (non-hydrogen) atoms. The van der Waals surface area contributed by atoms with Crippen LogP contribution in [0.3, 0.4) is 0 Å².